The zero-order valence-electron chi connectivity index (χ0n) is 12.5. The van der Waals surface area contributed by atoms with Crippen LogP contribution in [0.3, 0.4) is 0 Å². The molecule has 1 heterocycles. The van der Waals surface area contributed by atoms with Gasteiger partial charge in [-0.1, -0.05) is 6.92 Å². The molecule has 1 saturated heterocycles. The smallest absolute Gasteiger partial charge is 0.103 e. The molecule has 0 aliphatic carbocycles. The number of likely N-dealkylation sites (tertiary alicyclic amines) is 1. The van der Waals surface area contributed by atoms with Crippen molar-refractivity contribution < 1.29 is 0 Å². The number of piperidine rings is 1. The van der Waals surface area contributed by atoms with Gasteiger partial charge in [-0.2, -0.15) is 5.26 Å². The molecule has 104 valence electrons. The number of nitrogens with zero attached hydrogens (tertiary/aromatic N) is 2. The fraction of sp³-hybridized carbons (Fsp3) is 0.933. The van der Waals surface area contributed by atoms with Crippen molar-refractivity contribution in [2.75, 3.05) is 20.1 Å². The van der Waals surface area contributed by atoms with E-state index in [2.05, 4.69) is 30.1 Å². The quantitative estimate of drug-likeness (QED) is 0.738. The van der Waals surface area contributed by atoms with E-state index in [0.29, 0.717) is 0 Å². The Morgan fingerprint density at radius 2 is 2.06 bits per heavy atom. The molecule has 0 spiro atoms. The van der Waals surface area contributed by atoms with E-state index in [4.69, 9.17) is 5.26 Å². The predicted octanol–water partition coefficient (Wildman–Crippen LogP) is 2.78. The number of hydrogen-bond donors (Lipinski definition) is 1. The minimum atomic E-state index is -0.346. The molecule has 1 N–H and O–H groups in total. The second-order valence-electron chi connectivity index (χ2n) is 6.18. The third-order valence-corrected chi connectivity index (χ3v) is 4.42. The lowest BCUT2D eigenvalue weighted by Gasteiger charge is -2.37. The Morgan fingerprint density at radius 1 is 1.33 bits per heavy atom. The van der Waals surface area contributed by atoms with Crippen LogP contribution in [0.1, 0.15) is 52.9 Å². The van der Waals surface area contributed by atoms with E-state index in [9.17, 15) is 0 Å². The second kappa shape index (κ2) is 7.11. The van der Waals surface area contributed by atoms with Crippen molar-refractivity contribution in [1.29, 1.82) is 5.26 Å². The minimum absolute atomic E-state index is 0.346. The van der Waals surface area contributed by atoms with Crippen molar-refractivity contribution in [2.45, 2.75) is 64.5 Å². The molecular formula is C15H29N3. The van der Waals surface area contributed by atoms with E-state index in [0.717, 1.165) is 24.8 Å². The van der Waals surface area contributed by atoms with Crippen molar-refractivity contribution in [3.05, 3.63) is 0 Å². The van der Waals surface area contributed by atoms with Crippen molar-refractivity contribution in [1.82, 2.24) is 10.2 Å². The average Bonchev–Trinajstić information content (AvgIpc) is 2.38. The molecule has 0 saturated carbocycles. The van der Waals surface area contributed by atoms with Gasteiger partial charge in [0.15, 0.2) is 0 Å². The Balaban J connectivity index is 2.23. The summed E-state index contributed by atoms with van der Waals surface area (Å²) in [6, 6.07) is 3.10. The maximum Gasteiger partial charge on any atom is 0.103 e. The molecule has 1 aliphatic heterocycles. The van der Waals surface area contributed by atoms with Gasteiger partial charge in [-0.25, -0.2) is 0 Å². The van der Waals surface area contributed by atoms with E-state index in [1.807, 2.05) is 14.0 Å². The maximum absolute atomic E-state index is 9.09. The highest BCUT2D eigenvalue weighted by Gasteiger charge is 2.23. The molecule has 3 nitrogen and oxygen atoms in total. The van der Waals surface area contributed by atoms with Gasteiger partial charge in [-0.3, -0.25) is 0 Å². The first-order chi connectivity index (χ1) is 8.50. The van der Waals surface area contributed by atoms with Crippen LogP contribution in [0.15, 0.2) is 0 Å². The highest BCUT2D eigenvalue weighted by atomic mass is 15.2. The number of unbranched alkanes of at least 4 members (excludes halogenated alkanes) is 1. The number of nitriles is 1. The van der Waals surface area contributed by atoms with Crippen LogP contribution >= 0.6 is 0 Å². The van der Waals surface area contributed by atoms with Crippen LogP contribution in [0.25, 0.3) is 0 Å². The van der Waals surface area contributed by atoms with Crippen molar-refractivity contribution in [3.8, 4) is 6.07 Å². The van der Waals surface area contributed by atoms with Gasteiger partial charge in [-0.05, 0) is 65.5 Å². The Hall–Kier alpha value is -0.590. The first-order valence-corrected chi connectivity index (χ1v) is 7.35. The Morgan fingerprint density at radius 3 is 2.67 bits per heavy atom. The third-order valence-electron chi connectivity index (χ3n) is 4.42. The summed E-state index contributed by atoms with van der Waals surface area (Å²) >= 11 is 0. The molecule has 0 radical (unpaired) electrons. The molecular weight excluding hydrogens is 222 g/mol. The predicted molar refractivity (Wildman–Crippen MR) is 76.4 cm³/mol. The molecule has 0 aromatic heterocycles. The summed E-state index contributed by atoms with van der Waals surface area (Å²) in [5, 5.41) is 12.2. The van der Waals surface area contributed by atoms with Crippen molar-refractivity contribution in [3.63, 3.8) is 0 Å². The molecule has 3 atom stereocenters. The summed E-state index contributed by atoms with van der Waals surface area (Å²) in [6.45, 7) is 9.13. The molecule has 18 heavy (non-hydrogen) atoms. The summed E-state index contributed by atoms with van der Waals surface area (Å²) in [5.74, 6) is 0.850. The summed E-state index contributed by atoms with van der Waals surface area (Å²) < 4.78 is 0. The van der Waals surface area contributed by atoms with Gasteiger partial charge >= 0.3 is 0 Å². The van der Waals surface area contributed by atoms with Crippen LogP contribution in [0.5, 0.6) is 0 Å². The molecule has 1 fully saturated rings. The zero-order chi connectivity index (χ0) is 13.6. The maximum atomic E-state index is 9.09. The summed E-state index contributed by atoms with van der Waals surface area (Å²) in [4.78, 5) is 2.62. The van der Waals surface area contributed by atoms with Gasteiger partial charge in [0.25, 0.3) is 0 Å². The highest BCUT2D eigenvalue weighted by molar-refractivity contribution is 5.02. The minimum Gasteiger partial charge on any atom is -0.303 e. The van der Waals surface area contributed by atoms with Crippen LogP contribution in [-0.4, -0.2) is 36.6 Å². The van der Waals surface area contributed by atoms with Crippen LogP contribution in [-0.2, 0) is 0 Å². The lowest BCUT2D eigenvalue weighted by Crippen LogP contribution is -2.42. The Bertz CT molecular complexity index is 284. The SMILES string of the molecule is CNC(C)(C#N)CCCCN1CC(C)CCC1C. The van der Waals surface area contributed by atoms with Crippen LogP contribution in [0, 0.1) is 17.2 Å². The summed E-state index contributed by atoms with van der Waals surface area (Å²) in [7, 11) is 1.87. The van der Waals surface area contributed by atoms with Gasteiger partial charge in [0.1, 0.15) is 5.54 Å². The standard InChI is InChI=1S/C15H29N3/c1-13-7-8-14(2)18(11-13)10-6-5-9-15(3,12-16)17-4/h13-14,17H,5-11H2,1-4H3. The van der Waals surface area contributed by atoms with Crippen LogP contribution in [0.4, 0.5) is 0 Å². The van der Waals surface area contributed by atoms with E-state index >= 15 is 0 Å². The van der Waals surface area contributed by atoms with Gasteiger partial charge in [-0.15, -0.1) is 0 Å². The van der Waals surface area contributed by atoms with E-state index in [1.165, 1.54) is 32.4 Å². The highest BCUT2D eigenvalue weighted by Crippen LogP contribution is 2.22. The first kappa shape index (κ1) is 15.5. The molecule has 1 rings (SSSR count). The fourth-order valence-corrected chi connectivity index (χ4v) is 2.72. The van der Waals surface area contributed by atoms with E-state index in [-0.39, 0.29) is 5.54 Å². The van der Waals surface area contributed by atoms with Crippen LogP contribution in [0.2, 0.25) is 0 Å². The number of nitrogens with one attached hydrogen (secondary N) is 1. The van der Waals surface area contributed by atoms with E-state index < -0.39 is 0 Å². The summed E-state index contributed by atoms with van der Waals surface area (Å²) in [6.07, 6.45) is 5.99. The zero-order valence-corrected chi connectivity index (χ0v) is 12.5. The van der Waals surface area contributed by atoms with Gasteiger partial charge in [0, 0.05) is 12.6 Å². The van der Waals surface area contributed by atoms with Crippen molar-refractivity contribution >= 4 is 0 Å². The largest absolute Gasteiger partial charge is 0.303 e. The summed E-state index contributed by atoms with van der Waals surface area (Å²) in [5.41, 5.74) is -0.346. The van der Waals surface area contributed by atoms with Gasteiger partial charge < -0.3 is 10.2 Å². The molecule has 3 heteroatoms. The Labute approximate surface area is 113 Å². The second-order valence-corrected chi connectivity index (χ2v) is 6.18. The van der Waals surface area contributed by atoms with Gasteiger partial charge in [0.2, 0.25) is 0 Å². The molecule has 0 bridgehead atoms. The monoisotopic (exact) mass is 251 g/mol. The van der Waals surface area contributed by atoms with Gasteiger partial charge in [0.05, 0.1) is 6.07 Å². The fourth-order valence-electron chi connectivity index (χ4n) is 2.72. The van der Waals surface area contributed by atoms with Crippen molar-refractivity contribution in [2.24, 2.45) is 5.92 Å². The molecule has 0 amide bonds. The van der Waals surface area contributed by atoms with Crippen LogP contribution < -0.4 is 5.32 Å². The number of hydrogen-bond acceptors (Lipinski definition) is 3. The lowest BCUT2D eigenvalue weighted by atomic mass is 9.94. The molecule has 1 aliphatic rings. The molecule has 0 aromatic rings. The Kier molecular flexibility index (Phi) is 6.11. The van der Waals surface area contributed by atoms with E-state index in [1.54, 1.807) is 0 Å². The molecule has 3 unspecified atom stereocenters. The molecule has 0 aromatic carbocycles. The normalized spacial score (nSPS) is 28.6. The first-order valence-electron chi connectivity index (χ1n) is 7.35. The lowest BCUT2D eigenvalue weighted by molar-refractivity contribution is 0.122. The number of rotatable bonds is 6. The third kappa shape index (κ3) is 4.59. The average molecular weight is 251 g/mol. The topological polar surface area (TPSA) is 39.1 Å².